The van der Waals surface area contributed by atoms with Crippen LogP contribution in [0.15, 0.2) is 18.2 Å². The molecule has 4 nitrogen and oxygen atoms in total. The quantitative estimate of drug-likeness (QED) is 0.900. The van der Waals surface area contributed by atoms with Gasteiger partial charge in [-0.15, -0.1) is 0 Å². The Morgan fingerprint density at radius 2 is 1.95 bits per heavy atom. The standard InChI is InChI=1S/C16H23ClN2O2/c17-14-11-13(1-2-15(14)20)16(12-3-9-21-10-4-12)19-7-5-18-6-8-19/h1-2,11-12,16,18,20H,3-10H2/t16-/m0/s1. The zero-order valence-electron chi connectivity index (χ0n) is 12.2. The summed E-state index contributed by atoms with van der Waals surface area (Å²) in [4.78, 5) is 2.55. The SMILES string of the molecule is Oc1ccc([C@H](C2CCOCC2)N2CCNCC2)cc1Cl. The number of aromatic hydroxyl groups is 1. The topological polar surface area (TPSA) is 44.7 Å². The van der Waals surface area contributed by atoms with Gasteiger partial charge in [0.2, 0.25) is 0 Å². The molecule has 0 bridgehead atoms. The highest BCUT2D eigenvalue weighted by molar-refractivity contribution is 6.32. The Bertz CT molecular complexity index is 453. The highest BCUT2D eigenvalue weighted by Crippen LogP contribution is 2.37. The summed E-state index contributed by atoms with van der Waals surface area (Å²) in [5.74, 6) is 0.754. The third-order valence-corrected chi connectivity index (χ3v) is 4.87. The van der Waals surface area contributed by atoms with E-state index in [4.69, 9.17) is 16.3 Å². The maximum Gasteiger partial charge on any atom is 0.134 e. The molecule has 1 atom stereocenters. The van der Waals surface area contributed by atoms with Crippen LogP contribution in [0.3, 0.4) is 0 Å². The van der Waals surface area contributed by atoms with Gasteiger partial charge in [0.15, 0.2) is 0 Å². The van der Waals surface area contributed by atoms with Crippen LogP contribution in [0, 0.1) is 5.92 Å². The molecule has 3 rings (SSSR count). The second-order valence-electron chi connectivity index (χ2n) is 5.89. The first-order chi connectivity index (χ1) is 10.3. The molecule has 2 N–H and O–H groups in total. The maximum absolute atomic E-state index is 9.67. The summed E-state index contributed by atoms with van der Waals surface area (Å²) < 4.78 is 5.52. The van der Waals surface area contributed by atoms with Gasteiger partial charge in [0.1, 0.15) is 5.75 Å². The molecule has 0 radical (unpaired) electrons. The van der Waals surface area contributed by atoms with Crippen LogP contribution in [0.25, 0.3) is 0 Å². The molecule has 0 aliphatic carbocycles. The number of ether oxygens (including phenoxy) is 1. The smallest absolute Gasteiger partial charge is 0.134 e. The molecule has 2 fully saturated rings. The number of nitrogens with one attached hydrogen (secondary N) is 1. The van der Waals surface area contributed by atoms with Crippen molar-refractivity contribution in [1.29, 1.82) is 0 Å². The third kappa shape index (κ3) is 3.51. The summed E-state index contributed by atoms with van der Waals surface area (Å²) in [7, 11) is 0. The Labute approximate surface area is 131 Å². The number of hydrogen-bond acceptors (Lipinski definition) is 4. The maximum atomic E-state index is 9.67. The molecule has 116 valence electrons. The zero-order valence-corrected chi connectivity index (χ0v) is 13.0. The van der Waals surface area contributed by atoms with Crippen molar-refractivity contribution in [3.05, 3.63) is 28.8 Å². The summed E-state index contributed by atoms with van der Waals surface area (Å²) >= 11 is 6.13. The minimum Gasteiger partial charge on any atom is -0.506 e. The Morgan fingerprint density at radius 3 is 2.62 bits per heavy atom. The molecular weight excluding hydrogens is 288 g/mol. The fourth-order valence-corrected chi connectivity index (χ4v) is 3.67. The first kappa shape index (κ1) is 15.1. The molecule has 0 aromatic heterocycles. The van der Waals surface area contributed by atoms with Crippen molar-refractivity contribution < 1.29 is 9.84 Å². The van der Waals surface area contributed by atoms with E-state index in [-0.39, 0.29) is 5.75 Å². The van der Waals surface area contributed by atoms with Crippen molar-refractivity contribution in [2.75, 3.05) is 39.4 Å². The molecule has 21 heavy (non-hydrogen) atoms. The summed E-state index contributed by atoms with van der Waals surface area (Å²) in [6.07, 6.45) is 2.18. The van der Waals surface area contributed by atoms with Crippen LogP contribution < -0.4 is 5.32 Å². The average molecular weight is 311 g/mol. The lowest BCUT2D eigenvalue weighted by molar-refractivity contribution is 0.0213. The minimum atomic E-state index is 0.159. The van der Waals surface area contributed by atoms with E-state index in [1.54, 1.807) is 6.07 Å². The zero-order chi connectivity index (χ0) is 14.7. The first-order valence-corrected chi connectivity index (χ1v) is 8.14. The van der Waals surface area contributed by atoms with E-state index in [0.29, 0.717) is 17.0 Å². The number of benzene rings is 1. The van der Waals surface area contributed by atoms with E-state index in [2.05, 4.69) is 10.2 Å². The van der Waals surface area contributed by atoms with Crippen LogP contribution >= 0.6 is 11.6 Å². The van der Waals surface area contributed by atoms with Crippen molar-refractivity contribution in [2.45, 2.75) is 18.9 Å². The molecule has 1 aromatic rings. The van der Waals surface area contributed by atoms with Gasteiger partial charge in [0.05, 0.1) is 5.02 Å². The van der Waals surface area contributed by atoms with Crippen molar-refractivity contribution in [3.63, 3.8) is 0 Å². The molecular formula is C16H23ClN2O2. The van der Waals surface area contributed by atoms with Gasteiger partial charge >= 0.3 is 0 Å². The fourth-order valence-electron chi connectivity index (χ4n) is 3.48. The number of hydrogen-bond donors (Lipinski definition) is 2. The van der Waals surface area contributed by atoms with Crippen molar-refractivity contribution >= 4 is 11.6 Å². The van der Waals surface area contributed by atoms with Gasteiger partial charge in [-0.3, -0.25) is 4.90 Å². The van der Waals surface area contributed by atoms with E-state index in [9.17, 15) is 5.11 Å². The lowest BCUT2D eigenvalue weighted by atomic mass is 9.85. The van der Waals surface area contributed by atoms with Crippen LogP contribution in [0.5, 0.6) is 5.75 Å². The molecule has 2 saturated heterocycles. The molecule has 1 aromatic carbocycles. The van der Waals surface area contributed by atoms with Crippen molar-refractivity contribution in [3.8, 4) is 5.75 Å². The van der Waals surface area contributed by atoms with Gasteiger partial charge in [-0.25, -0.2) is 0 Å². The number of piperazine rings is 1. The van der Waals surface area contributed by atoms with E-state index < -0.39 is 0 Å². The highest BCUT2D eigenvalue weighted by atomic mass is 35.5. The Balaban J connectivity index is 1.87. The predicted molar refractivity (Wildman–Crippen MR) is 83.8 cm³/mol. The Morgan fingerprint density at radius 1 is 1.24 bits per heavy atom. The van der Waals surface area contributed by atoms with Crippen LogP contribution in [-0.4, -0.2) is 49.4 Å². The second-order valence-corrected chi connectivity index (χ2v) is 6.30. The van der Waals surface area contributed by atoms with Gasteiger partial charge in [-0.05, 0) is 36.5 Å². The van der Waals surface area contributed by atoms with Gasteiger partial charge in [-0.2, -0.15) is 0 Å². The fraction of sp³-hybridized carbons (Fsp3) is 0.625. The largest absolute Gasteiger partial charge is 0.506 e. The van der Waals surface area contributed by atoms with Gasteiger partial charge in [0.25, 0.3) is 0 Å². The van der Waals surface area contributed by atoms with E-state index >= 15 is 0 Å². The summed E-state index contributed by atoms with van der Waals surface area (Å²) in [6, 6.07) is 6.03. The monoisotopic (exact) mass is 310 g/mol. The number of rotatable bonds is 3. The third-order valence-electron chi connectivity index (χ3n) is 4.57. The molecule has 2 aliphatic rings. The average Bonchev–Trinajstić information content (AvgIpc) is 2.53. The molecule has 0 unspecified atom stereocenters. The second kappa shape index (κ2) is 6.97. The van der Waals surface area contributed by atoms with E-state index in [0.717, 1.165) is 52.2 Å². The molecule has 2 heterocycles. The van der Waals surface area contributed by atoms with Gasteiger partial charge < -0.3 is 15.2 Å². The molecule has 0 saturated carbocycles. The molecule has 0 spiro atoms. The molecule has 0 amide bonds. The lowest BCUT2D eigenvalue weighted by Crippen LogP contribution is -2.47. The van der Waals surface area contributed by atoms with E-state index in [1.807, 2.05) is 12.1 Å². The number of halogens is 1. The minimum absolute atomic E-state index is 0.159. The van der Waals surface area contributed by atoms with Gasteiger partial charge in [-0.1, -0.05) is 17.7 Å². The molecule has 2 aliphatic heterocycles. The van der Waals surface area contributed by atoms with Crippen molar-refractivity contribution in [1.82, 2.24) is 10.2 Å². The van der Waals surface area contributed by atoms with Crippen LogP contribution in [0.4, 0.5) is 0 Å². The predicted octanol–water partition coefficient (Wildman–Crippen LogP) is 2.42. The first-order valence-electron chi connectivity index (χ1n) is 7.76. The summed E-state index contributed by atoms with van der Waals surface area (Å²) in [5, 5.41) is 13.5. The van der Waals surface area contributed by atoms with Crippen LogP contribution in [0.2, 0.25) is 5.02 Å². The van der Waals surface area contributed by atoms with E-state index in [1.165, 1.54) is 5.56 Å². The summed E-state index contributed by atoms with van der Waals surface area (Å²) in [5.41, 5.74) is 1.21. The molecule has 5 heteroatoms. The normalized spacial score (nSPS) is 23.1. The van der Waals surface area contributed by atoms with Crippen LogP contribution in [0.1, 0.15) is 24.4 Å². The van der Waals surface area contributed by atoms with Gasteiger partial charge in [0, 0.05) is 45.4 Å². The number of phenols is 1. The summed E-state index contributed by atoms with van der Waals surface area (Å²) in [6.45, 7) is 5.87. The lowest BCUT2D eigenvalue weighted by Gasteiger charge is -2.41. The Kier molecular flexibility index (Phi) is 5.01. The van der Waals surface area contributed by atoms with Crippen molar-refractivity contribution in [2.24, 2.45) is 5.92 Å². The highest BCUT2D eigenvalue weighted by Gasteiger charge is 2.31. The number of phenolic OH excluding ortho intramolecular Hbond substituents is 1. The Hall–Kier alpha value is -0.810. The number of nitrogens with zero attached hydrogens (tertiary/aromatic N) is 1. The van der Waals surface area contributed by atoms with Crippen LogP contribution in [-0.2, 0) is 4.74 Å².